The molecule has 1 unspecified atom stereocenters. The average molecular weight is 327 g/mol. The Bertz CT molecular complexity index is 552. The molecule has 0 saturated carbocycles. The molecule has 1 amide bonds. The quantitative estimate of drug-likeness (QED) is 0.880. The summed E-state index contributed by atoms with van der Waals surface area (Å²) in [6, 6.07) is 6.94. The number of hydrogen-bond donors (Lipinski definition) is 1. The van der Waals surface area contributed by atoms with Gasteiger partial charge in [-0.05, 0) is 19.2 Å². The lowest BCUT2D eigenvalue weighted by Gasteiger charge is -2.34. The first kappa shape index (κ1) is 16.7. The van der Waals surface area contributed by atoms with Crippen LogP contribution in [-0.4, -0.2) is 72.7 Å². The largest absolute Gasteiger partial charge is 0.480 e. The minimum Gasteiger partial charge on any atom is -0.480 e. The van der Waals surface area contributed by atoms with Crippen LogP contribution in [-0.2, 0) is 9.53 Å². The average Bonchev–Trinajstić information content (AvgIpc) is 2.46. The molecule has 2 rings (SSSR count). The Morgan fingerprint density at radius 3 is 2.86 bits per heavy atom. The third-order valence-electron chi connectivity index (χ3n) is 3.45. The van der Waals surface area contributed by atoms with E-state index < -0.39 is 5.97 Å². The second kappa shape index (κ2) is 7.58. The SMILES string of the molecule is CN(CC(=O)O)CC1CN(C(=O)c2ccccc2Cl)CCO1. The molecule has 1 N–H and O–H groups in total. The first-order valence-electron chi connectivity index (χ1n) is 7.03. The zero-order valence-corrected chi connectivity index (χ0v) is 13.1. The van der Waals surface area contributed by atoms with Gasteiger partial charge < -0.3 is 14.7 Å². The Labute approximate surface area is 134 Å². The Balaban J connectivity index is 1.97. The smallest absolute Gasteiger partial charge is 0.317 e. The highest BCUT2D eigenvalue weighted by molar-refractivity contribution is 6.33. The summed E-state index contributed by atoms with van der Waals surface area (Å²) in [4.78, 5) is 26.6. The van der Waals surface area contributed by atoms with Gasteiger partial charge in [-0.15, -0.1) is 0 Å². The van der Waals surface area contributed by atoms with E-state index in [9.17, 15) is 9.59 Å². The zero-order chi connectivity index (χ0) is 16.1. The van der Waals surface area contributed by atoms with Gasteiger partial charge in [0.1, 0.15) is 0 Å². The van der Waals surface area contributed by atoms with Crippen LogP contribution in [0.5, 0.6) is 0 Å². The van der Waals surface area contributed by atoms with Crippen LogP contribution in [0.1, 0.15) is 10.4 Å². The summed E-state index contributed by atoms with van der Waals surface area (Å²) in [5.41, 5.74) is 0.476. The van der Waals surface area contributed by atoms with Gasteiger partial charge in [-0.3, -0.25) is 14.5 Å². The van der Waals surface area contributed by atoms with Gasteiger partial charge >= 0.3 is 5.97 Å². The molecule has 1 aromatic rings. The molecule has 0 aromatic heterocycles. The number of rotatable bonds is 5. The van der Waals surface area contributed by atoms with E-state index in [2.05, 4.69) is 0 Å². The molecule has 1 heterocycles. The van der Waals surface area contributed by atoms with E-state index in [1.165, 1.54) is 0 Å². The molecule has 1 atom stereocenters. The highest BCUT2D eigenvalue weighted by Crippen LogP contribution is 2.18. The van der Waals surface area contributed by atoms with Gasteiger partial charge in [0.05, 0.1) is 29.8 Å². The third kappa shape index (κ3) is 4.43. The van der Waals surface area contributed by atoms with E-state index in [-0.39, 0.29) is 18.6 Å². The van der Waals surface area contributed by atoms with E-state index in [0.717, 1.165) is 0 Å². The minimum atomic E-state index is -0.887. The van der Waals surface area contributed by atoms with Crippen LogP contribution in [0.4, 0.5) is 0 Å². The topological polar surface area (TPSA) is 70.1 Å². The van der Waals surface area contributed by atoms with Crippen LogP contribution < -0.4 is 0 Å². The van der Waals surface area contributed by atoms with Crippen molar-refractivity contribution < 1.29 is 19.4 Å². The number of carboxylic acid groups (broad SMARTS) is 1. The molecule has 1 fully saturated rings. The lowest BCUT2D eigenvalue weighted by atomic mass is 10.1. The predicted molar refractivity (Wildman–Crippen MR) is 82.2 cm³/mol. The van der Waals surface area contributed by atoms with Gasteiger partial charge in [0.15, 0.2) is 0 Å². The van der Waals surface area contributed by atoms with E-state index in [1.807, 2.05) is 0 Å². The molecule has 7 heteroatoms. The standard InChI is InChI=1S/C15H19ClN2O4/c1-17(10-14(19)20)8-11-9-18(6-7-22-11)15(21)12-4-2-3-5-13(12)16/h2-5,11H,6-10H2,1H3,(H,19,20). The zero-order valence-electron chi connectivity index (χ0n) is 12.4. The van der Waals surface area contributed by atoms with Crippen molar-refractivity contribution in [1.82, 2.24) is 9.80 Å². The molecule has 6 nitrogen and oxygen atoms in total. The number of nitrogens with zero attached hydrogens (tertiary/aromatic N) is 2. The van der Waals surface area contributed by atoms with Crippen molar-refractivity contribution in [1.29, 1.82) is 0 Å². The van der Waals surface area contributed by atoms with Gasteiger partial charge in [-0.1, -0.05) is 23.7 Å². The summed E-state index contributed by atoms with van der Waals surface area (Å²) in [6.07, 6.45) is -0.204. The first-order chi connectivity index (χ1) is 10.5. The Morgan fingerprint density at radius 2 is 2.18 bits per heavy atom. The van der Waals surface area contributed by atoms with Crippen LogP contribution in [0.25, 0.3) is 0 Å². The van der Waals surface area contributed by atoms with Crippen LogP contribution in [0.3, 0.4) is 0 Å². The number of benzene rings is 1. The van der Waals surface area contributed by atoms with Crippen LogP contribution in [0.2, 0.25) is 5.02 Å². The number of amides is 1. The maximum atomic E-state index is 12.5. The van der Waals surface area contributed by atoms with Crippen molar-refractivity contribution >= 4 is 23.5 Å². The Morgan fingerprint density at radius 1 is 1.45 bits per heavy atom. The molecule has 22 heavy (non-hydrogen) atoms. The summed E-state index contributed by atoms with van der Waals surface area (Å²) in [7, 11) is 1.71. The summed E-state index contributed by atoms with van der Waals surface area (Å²) >= 11 is 6.06. The van der Waals surface area contributed by atoms with Gasteiger partial charge in [0.25, 0.3) is 5.91 Å². The molecule has 120 valence electrons. The molecular formula is C15H19ClN2O4. The van der Waals surface area contributed by atoms with Gasteiger partial charge in [0, 0.05) is 19.6 Å². The van der Waals surface area contributed by atoms with Crippen molar-refractivity contribution in [3.05, 3.63) is 34.9 Å². The van der Waals surface area contributed by atoms with Gasteiger partial charge in [-0.25, -0.2) is 0 Å². The fourth-order valence-electron chi connectivity index (χ4n) is 2.46. The number of carbonyl (C=O) groups excluding carboxylic acids is 1. The number of likely N-dealkylation sites (N-methyl/N-ethyl adjacent to an activating group) is 1. The molecular weight excluding hydrogens is 308 g/mol. The van der Waals surface area contributed by atoms with E-state index in [4.69, 9.17) is 21.4 Å². The Hall–Kier alpha value is -1.63. The molecule has 1 saturated heterocycles. The molecule has 1 aliphatic heterocycles. The molecule has 0 radical (unpaired) electrons. The number of aliphatic carboxylic acids is 1. The maximum absolute atomic E-state index is 12.5. The van der Waals surface area contributed by atoms with E-state index in [0.29, 0.717) is 36.8 Å². The lowest BCUT2D eigenvalue weighted by Crippen LogP contribution is -2.49. The van der Waals surface area contributed by atoms with E-state index >= 15 is 0 Å². The number of morpholine rings is 1. The van der Waals surface area contributed by atoms with Crippen molar-refractivity contribution in [3.8, 4) is 0 Å². The number of carboxylic acids is 1. The van der Waals surface area contributed by atoms with Crippen LogP contribution in [0.15, 0.2) is 24.3 Å². The van der Waals surface area contributed by atoms with E-state index in [1.54, 1.807) is 41.1 Å². The number of hydrogen-bond acceptors (Lipinski definition) is 4. The summed E-state index contributed by atoms with van der Waals surface area (Å²) in [5.74, 6) is -1.01. The van der Waals surface area contributed by atoms with Crippen LogP contribution in [0, 0.1) is 0 Å². The first-order valence-corrected chi connectivity index (χ1v) is 7.41. The van der Waals surface area contributed by atoms with Crippen molar-refractivity contribution in [2.24, 2.45) is 0 Å². The maximum Gasteiger partial charge on any atom is 0.317 e. The van der Waals surface area contributed by atoms with Crippen molar-refractivity contribution in [2.75, 3.05) is 39.8 Å². The van der Waals surface area contributed by atoms with Crippen molar-refractivity contribution in [3.63, 3.8) is 0 Å². The summed E-state index contributed by atoms with van der Waals surface area (Å²) in [5, 5.41) is 9.20. The molecule has 0 aliphatic carbocycles. The minimum absolute atomic E-state index is 0.0572. The number of ether oxygens (including phenoxy) is 1. The second-order valence-corrected chi connectivity index (χ2v) is 5.72. The van der Waals surface area contributed by atoms with Crippen LogP contribution >= 0.6 is 11.6 Å². The second-order valence-electron chi connectivity index (χ2n) is 5.31. The number of halogens is 1. The molecule has 0 bridgehead atoms. The molecule has 1 aromatic carbocycles. The Kier molecular flexibility index (Phi) is 5.76. The third-order valence-corrected chi connectivity index (χ3v) is 3.78. The summed E-state index contributed by atoms with van der Waals surface area (Å²) < 4.78 is 5.62. The molecule has 0 spiro atoms. The predicted octanol–water partition coefficient (Wildman–Crippen LogP) is 1.20. The lowest BCUT2D eigenvalue weighted by molar-refractivity contribution is -0.138. The fourth-order valence-corrected chi connectivity index (χ4v) is 2.68. The monoisotopic (exact) mass is 326 g/mol. The highest BCUT2D eigenvalue weighted by Gasteiger charge is 2.27. The van der Waals surface area contributed by atoms with Gasteiger partial charge in [0.2, 0.25) is 0 Å². The number of carbonyl (C=O) groups is 2. The van der Waals surface area contributed by atoms with Crippen molar-refractivity contribution in [2.45, 2.75) is 6.10 Å². The molecule has 1 aliphatic rings. The fraction of sp³-hybridized carbons (Fsp3) is 0.467. The highest BCUT2D eigenvalue weighted by atomic mass is 35.5. The normalized spacial score (nSPS) is 18.5. The van der Waals surface area contributed by atoms with Gasteiger partial charge in [-0.2, -0.15) is 0 Å². The summed E-state index contributed by atoms with van der Waals surface area (Å²) in [6.45, 7) is 1.76.